The molecule has 2 aromatic carbocycles. The van der Waals surface area contributed by atoms with Crippen molar-refractivity contribution in [3.8, 4) is 11.5 Å². The van der Waals surface area contributed by atoms with E-state index in [1.165, 1.54) is 0 Å². The molecule has 6 heteroatoms. The molecule has 0 spiro atoms. The van der Waals surface area contributed by atoms with Crippen LogP contribution in [0.15, 0.2) is 42.5 Å². The lowest BCUT2D eigenvalue weighted by molar-refractivity contribution is 0.0943. The minimum atomic E-state index is -0.132. The number of aryl methyl sites for hydroxylation is 1. The molecule has 0 atom stereocenters. The van der Waals surface area contributed by atoms with Gasteiger partial charge in [0, 0.05) is 30.9 Å². The van der Waals surface area contributed by atoms with Crippen molar-refractivity contribution in [2.75, 3.05) is 13.2 Å². The van der Waals surface area contributed by atoms with Crippen molar-refractivity contribution in [1.29, 1.82) is 0 Å². The van der Waals surface area contributed by atoms with Crippen molar-refractivity contribution in [1.82, 2.24) is 9.88 Å². The number of ether oxygens (including phenoxy) is 2. The molecule has 26 heavy (non-hydrogen) atoms. The molecule has 0 saturated carbocycles. The highest BCUT2D eigenvalue weighted by Crippen LogP contribution is 2.38. The number of carbonyl (C=O) groups excluding carboxylic acids is 1. The van der Waals surface area contributed by atoms with Crippen molar-refractivity contribution >= 4 is 28.4 Å². The first-order valence-corrected chi connectivity index (χ1v) is 8.92. The molecule has 134 valence electrons. The predicted octanol–water partition coefficient (Wildman–Crippen LogP) is 3.92. The Labute approximate surface area is 156 Å². The van der Waals surface area contributed by atoms with Gasteiger partial charge in [0.1, 0.15) is 5.69 Å². The molecule has 1 amide bonds. The third-order valence-electron chi connectivity index (χ3n) is 4.50. The first-order chi connectivity index (χ1) is 12.6. The van der Waals surface area contributed by atoms with E-state index in [2.05, 4.69) is 5.32 Å². The summed E-state index contributed by atoms with van der Waals surface area (Å²) in [7, 11) is 1.89. The fourth-order valence-electron chi connectivity index (χ4n) is 3.17. The quantitative estimate of drug-likeness (QED) is 0.760. The summed E-state index contributed by atoms with van der Waals surface area (Å²) in [5.74, 6) is 1.07. The van der Waals surface area contributed by atoms with Crippen LogP contribution in [0.4, 0.5) is 0 Å². The number of amides is 1. The van der Waals surface area contributed by atoms with E-state index in [4.69, 9.17) is 21.1 Å². The summed E-state index contributed by atoms with van der Waals surface area (Å²) >= 11 is 6.31. The summed E-state index contributed by atoms with van der Waals surface area (Å²) < 4.78 is 13.2. The molecule has 0 saturated heterocycles. The maximum absolute atomic E-state index is 12.6. The fourth-order valence-corrected chi connectivity index (χ4v) is 3.45. The number of aromatic nitrogens is 1. The zero-order valence-electron chi connectivity index (χ0n) is 14.4. The molecule has 1 aromatic heterocycles. The third-order valence-corrected chi connectivity index (χ3v) is 4.78. The van der Waals surface area contributed by atoms with E-state index in [0.29, 0.717) is 42.0 Å². The SMILES string of the molecule is Cn1c(C(=O)NCc2cc(Cl)c3c(c2)OCCCO3)cc2ccccc21. The van der Waals surface area contributed by atoms with Gasteiger partial charge in [-0.25, -0.2) is 0 Å². The number of hydrogen-bond donors (Lipinski definition) is 1. The lowest BCUT2D eigenvalue weighted by atomic mass is 10.2. The van der Waals surface area contributed by atoms with Gasteiger partial charge in [0.15, 0.2) is 11.5 Å². The van der Waals surface area contributed by atoms with Crippen LogP contribution in [0.5, 0.6) is 11.5 Å². The highest BCUT2D eigenvalue weighted by atomic mass is 35.5. The standard InChI is InChI=1S/C20H19ClN2O3/c1-23-16-6-3-2-5-14(16)11-17(23)20(24)22-12-13-9-15(21)19-18(10-13)25-7-4-8-26-19/h2-3,5-6,9-11H,4,7-8,12H2,1H3,(H,22,24). The number of carbonyl (C=O) groups is 1. The second-order valence-electron chi connectivity index (χ2n) is 6.29. The number of halogens is 1. The predicted molar refractivity (Wildman–Crippen MR) is 101 cm³/mol. The van der Waals surface area contributed by atoms with Crippen LogP contribution in [-0.4, -0.2) is 23.7 Å². The zero-order valence-corrected chi connectivity index (χ0v) is 15.2. The topological polar surface area (TPSA) is 52.5 Å². The summed E-state index contributed by atoms with van der Waals surface area (Å²) in [6, 6.07) is 13.5. The zero-order chi connectivity index (χ0) is 18.1. The molecule has 1 N–H and O–H groups in total. The average Bonchev–Trinajstić information content (AvgIpc) is 2.81. The van der Waals surface area contributed by atoms with Gasteiger partial charge in [0.25, 0.3) is 5.91 Å². The Morgan fingerprint density at radius 1 is 1.19 bits per heavy atom. The van der Waals surface area contributed by atoms with Crippen molar-refractivity contribution in [3.05, 3.63) is 58.7 Å². The Kier molecular flexibility index (Phi) is 4.47. The van der Waals surface area contributed by atoms with Gasteiger partial charge in [-0.2, -0.15) is 0 Å². The number of nitrogens with one attached hydrogen (secondary N) is 1. The third kappa shape index (κ3) is 3.10. The van der Waals surface area contributed by atoms with Gasteiger partial charge in [-0.15, -0.1) is 0 Å². The van der Waals surface area contributed by atoms with Crippen molar-refractivity contribution in [2.45, 2.75) is 13.0 Å². The van der Waals surface area contributed by atoms with E-state index in [1.807, 2.05) is 48.0 Å². The number of rotatable bonds is 3. The largest absolute Gasteiger partial charge is 0.489 e. The van der Waals surface area contributed by atoms with Gasteiger partial charge >= 0.3 is 0 Å². The Balaban J connectivity index is 1.53. The van der Waals surface area contributed by atoms with Crippen LogP contribution in [-0.2, 0) is 13.6 Å². The number of para-hydroxylation sites is 1. The number of nitrogens with zero attached hydrogens (tertiary/aromatic N) is 1. The summed E-state index contributed by atoms with van der Waals surface area (Å²) in [5.41, 5.74) is 2.51. The van der Waals surface area contributed by atoms with E-state index < -0.39 is 0 Å². The molecule has 0 unspecified atom stereocenters. The van der Waals surface area contributed by atoms with Crippen molar-refractivity contribution in [3.63, 3.8) is 0 Å². The maximum Gasteiger partial charge on any atom is 0.268 e. The molecule has 0 fully saturated rings. The normalized spacial score (nSPS) is 13.5. The molecular formula is C20H19ClN2O3. The molecule has 0 radical (unpaired) electrons. The summed E-state index contributed by atoms with van der Waals surface area (Å²) in [5, 5.41) is 4.49. The van der Waals surface area contributed by atoms with Crippen LogP contribution in [0.3, 0.4) is 0 Å². The van der Waals surface area contributed by atoms with Gasteiger partial charge in [0.2, 0.25) is 0 Å². The Morgan fingerprint density at radius 3 is 2.85 bits per heavy atom. The second-order valence-corrected chi connectivity index (χ2v) is 6.69. The van der Waals surface area contributed by atoms with Gasteiger partial charge in [-0.3, -0.25) is 4.79 Å². The second kappa shape index (κ2) is 6.92. The smallest absolute Gasteiger partial charge is 0.268 e. The maximum atomic E-state index is 12.6. The molecule has 3 aromatic rings. The fraction of sp³-hybridized carbons (Fsp3) is 0.250. The van der Waals surface area contributed by atoms with Crippen molar-refractivity contribution in [2.24, 2.45) is 7.05 Å². The van der Waals surface area contributed by atoms with Gasteiger partial charge in [-0.1, -0.05) is 29.8 Å². The van der Waals surface area contributed by atoms with Crippen LogP contribution in [0.1, 0.15) is 22.5 Å². The molecule has 0 bridgehead atoms. The number of benzene rings is 2. The Morgan fingerprint density at radius 2 is 2.00 bits per heavy atom. The molecule has 2 heterocycles. The molecule has 0 aliphatic carbocycles. The summed E-state index contributed by atoms with van der Waals surface area (Å²) in [4.78, 5) is 12.6. The molecular weight excluding hydrogens is 352 g/mol. The Bertz CT molecular complexity index is 981. The average molecular weight is 371 g/mol. The van der Waals surface area contributed by atoms with Crippen LogP contribution < -0.4 is 14.8 Å². The van der Waals surface area contributed by atoms with E-state index in [9.17, 15) is 4.79 Å². The summed E-state index contributed by atoms with van der Waals surface area (Å²) in [6.07, 6.45) is 0.818. The number of fused-ring (bicyclic) bond motifs is 2. The van der Waals surface area contributed by atoms with Gasteiger partial charge in [0.05, 0.1) is 18.2 Å². The van der Waals surface area contributed by atoms with Crippen molar-refractivity contribution < 1.29 is 14.3 Å². The molecule has 4 rings (SSSR count). The van der Waals surface area contributed by atoms with Crippen LogP contribution in [0.25, 0.3) is 10.9 Å². The van der Waals surface area contributed by atoms with Crippen LogP contribution >= 0.6 is 11.6 Å². The monoisotopic (exact) mass is 370 g/mol. The molecule has 5 nitrogen and oxygen atoms in total. The minimum absolute atomic E-state index is 0.132. The molecule has 1 aliphatic rings. The van der Waals surface area contributed by atoms with E-state index >= 15 is 0 Å². The first-order valence-electron chi connectivity index (χ1n) is 8.54. The number of hydrogen-bond acceptors (Lipinski definition) is 3. The molecule has 1 aliphatic heterocycles. The lowest BCUT2D eigenvalue weighted by Crippen LogP contribution is -2.24. The highest BCUT2D eigenvalue weighted by molar-refractivity contribution is 6.32. The van der Waals surface area contributed by atoms with E-state index in [0.717, 1.165) is 22.9 Å². The lowest BCUT2D eigenvalue weighted by Gasteiger charge is -2.12. The van der Waals surface area contributed by atoms with E-state index in [-0.39, 0.29) is 5.91 Å². The van der Waals surface area contributed by atoms with Crippen LogP contribution in [0, 0.1) is 0 Å². The van der Waals surface area contributed by atoms with Gasteiger partial charge < -0.3 is 19.4 Å². The highest BCUT2D eigenvalue weighted by Gasteiger charge is 2.17. The van der Waals surface area contributed by atoms with Gasteiger partial charge in [-0.05, 0) is 29.8 Å². The van der Waals surface area contributed by atoms with Crippen LogP contribution in [0.2, 0.25) is 5.02 Å². The Hall–Kier alpha value is -2.66. The minimum Gasteiger partial charge on any atom is -0.489 e. The summed E-state index contributed by atoms with van der Waals surface area (Å²) in [6.45, 7) is 1.54. The van der Waals surface area contributed by atoms with E-state index in [1.54, 1.807) is 6.07 Å². The first kappa shape index (κ1) is 16.8.